The molecule has 1 unspecified atom stereocenters. The number of hydrogen-bond donors (Lipinski definition) is 2. The van der Waals surface area contributed by atoms with Gasteiger partial charge in [-0.15, -0.1) is 0 Å². The SMILES string of the molecule is COCc1cccc(-n2ncc3c(NCC(C)NSC4=C(C)CC=C(C)C=C4C)cccc32)c1. The lowest BCUT2D eigenvalue weighted by atomic mass is 10.1. The van der Waals surface area contributed by atoms with E-state index in [9.17, 15) is 0 Å². The Kier molecular flexibility index (Phi) is 7.93. The first-order valence-corrected chi connectivity index (χ1v) is 12.5. The molecule has 5 nitrogen and oxygen atoms in total. The van der Waals surface area contributed by atoms with E-state index in [1.165, 1.54) is 21.6 Å². The van der Waals surface area contributed by atoms with Crippen molar-refractivity contribution in [3.63, 3.8) is 0 Å². The molecule has 0 amide bonds. The average Bonchev–Trinajstić information content (AvgIpc) is 3.22. The molecule has 0 saturated carbocycles. The molecule has 2 N–H and O–H groups in total. The highest BCUT2D eigenvalue weighted by Gasteiger charge is 2.13. The first-order valence-electron chi connectivity index (χ1n) is 11.7. The molecule has 6 heteroatoms. The molecule has 4 rings (SSSR count). The maximum atomic E-state index is 5.29. The Labute approximate surface area is 207 Å². The second-order valence-corrected chi connectivity index (χ2v) is 9.84. The van der Waals surface area contributed by atoms with Crippen LogP contribution in [0, 0.1) is 0 Å². The van der Waals surface area contributed by atoms with Crippen LogP contribution in [0.1, 0.15) is 39.7 Å². The topological polar surface area (TPSA) is 51.1 Å². The summed E-state index contributed by atoms with van der Waals surface area (Å²) in [5, 5.41) is 9.42. The van der Waals surface area contributed by atoms with Gasteiger partial charge in [-0.05, 0) is 81.5 Å². The van der Waals surface area contributed by atoms with E-state index in [4.69, 9.17) is 4.74 Å². The van der Waals surface area contributed by atoms with Gasteiger partial charge in [0.25, 0.3) is 0 Å². The average molecular weight is 475 g/mol. The van der Waals surface area contributed by atoms with E-state index in [0.717, 1.165) is 40.8 Å². The van der Waals surface area contributed by atoms with Gasteiger partial charge in [-0.3, -0.25) is 4.72 Å². The zero-order valence-electron chi connectivity index (χ0n) is 20.7. The molecule has 178 valence electrons. The molecule has 3 aromatic rings. The van der Waals surface area contributed by atoms with Gasteiger partial charge in [-0.25, -0.2) is 4.68 Å². The molecule has 0 aliphatic heterocycles. The predicted octanol–water partition coefficient (Wildman–Crippen LogP) is 6.78. The van der Waals surface area contributed by atoms with Gasteiger partial charge in [0, 0.05) is 35.7 Å². The minimum atomic E-state index is 0.284. The fraction of sp³-hybridized carbons (Fsp3) is 0.321. The smallest absolute Gasteiger partial charge is 0.0761 e. The van der Waals surface area contributed by atoms with Crippen LogP contribution in [0.25, 0.3) is 16.6 Å². The number of methoxy groups -OCH3 is 1. The predicted molar refractivity (Wildman–Crippen MR) is 145 cm³/mol. The molecule has 34 heavy (non-hydrogen) atoms. The monoisotopic (exact) mass is 474 g/mol. The quantitative estimate of drug-likeness (QED) is 0.335. The summed E-state index contributed by atoms with van der Waals surface area (Å²) in [6.45, 7) is 10.2. The Balaban J connectivity index is 1.43. The van der Waals surface area contributed by atoms with Crippen molar-refractivity contribution in [2.45, 2.75) is 46.8 Å². The number of hydrogen-bond acceptors (Lipinski definition) is 5. The fourth-order valence-electron chi connectivity index (χ4n) is 4.20. The lowest BCUT2D eigenvalue weighted by Crippen LogP contribution is -2.28. The Hall–Kier alpha value is -2.80. The summed E-state index contributed by atoms with van der Waals surface area (Å²) in [5.41, 5.74) is 8.41. The number of nitrogens with one attached hydrogen (secondary N) is 2. The van der Waals surface area contributed by atoms with E-state index in [0.29, 0.717) is 6.61 Å². The number of nitrogens with zero attached hydrogens (tertiary/aromatic N) is 2. The first-order chi connectivity index (χ1) is 16.5. The maximum absolute atomic E-state index is 5.29. The summed E-state index contributed by atoms with van der Waals surface area (Å²) < 4.78 is 10.9. The lowest BCUT2D eigenvalue weighted by Gasteiger charge is -2.18. The van der Waals surface area contributed by atoms with E-state index >= 15 is 0 Å². The van der Waals surface area contributed by atoms with Gasteiger partial charge in [0.15, 0.2) is 0 Å². The molecule has 1 aliphatic rings. The number of rotatable bonds is 9. The van der Waals surface area contributed by atoms with E-state index in [1.54, 1.807) is 19.1 Å². The Morgan fingerprint density at radius 2 is 1.97 bits per heavy atom. The van der Waals surface area contributed by atoms with E-state index in [1.807, 2.05) is 16.9 Å². The van der Waals surface area contributed by atoms with Gasteiger partial charge in [-0.2, -0.15) is 5.10 Å². The molecule has 1 atom stereocenters. The molecule has 0 spiro atoms. The van der Waals surface area contributed by atoms with Gasteiger partial charge in [0.1, 0.15) is 0 Å². The van der Waals surface area contributed by atoms with Crippen LogP contribution in [0.5, 0.6) is 0 Å². The second-order valence-electron chi connectivity index (χ2n) is 8.99. The lowest BCUT2D eigenvalue weighted by molar-refractivity contribution is 0.185. The summed E-state index contributed by atoms with van der Waals surface area (Å²) in [6, 6.07) is 14.9. The highest BCUT2D eigenvalue weighted by Crippen LogP contribution is 2.31. The first kappa shape index (κ1) is 24.3. The van der Waals surface area contributed by atoms with E-state index in [-0.39, 0.29) is 6.04 Å². The van der Waals surface area contributed by atoms with Crippen molar-refractivity contribution in [2.24, 2.45) is 0 Å². The molecule has 1 aliphatic carbocycles. The molecular formula is C28H34N4OS. The normalized spacial score (nSPS) is 15.2. The van der Waals surface area contributed by atoms with Gasteiger partial charge in [0.05, 0.1) is 24.0 Å². The highest BCUT2D eigenvalue weighted by atomic mass is 32.2. The van der Waals surface area contributed by atoms with Crippen LogP contribution in [0.4, 0.5) is 5.69 Å². The molecule has 0 saturated heterocycles. The molecule has 2 aromatic carbocycles. The second kappa shape index (κ2) is 11.1. The number of anilines is 1. The minimum Gasteiger partial charge on any atom is -0.383 e. The standard InChI is InChI=1S/C28H34N4OS/c1-19-12-13-20(2)28(21(3)14-19)34-31-22(4)16-29-26-10-7-11-27-25(26)17-30-32(27)24-9-6-8-23(15-24)18-33-5/h6-12,14-15,17,22,29,31H,13,16,18H2,1-5H3. The number of allylic oxidation sites excluding steroid dienone is 5. The van der Waals surface area contributed by atoms with E-state index < -0.39 is 0 Å². The summed E-state index contributed by atoms with van der Waals surface area (Å²) >= 11 is 1.74. The van der Waals surface area contributed by atoms with Crippen molar-refractivity contribution >= 4 is 28.5 Å². The number of aromatic nitrogens is 2. The molecule has 0 radical (unpaired) electrons. The van der Waals surface area contributed by atoms with Crippen LogP contribution in [0.15, 0.2) is 82.4 Å². The van der Waals surface area contributed by atoms with Crippen LogP contribution < -0.4 is 10.0 Å². The van der Waals surface area contributed by atoms with Crippen molar-refractivity contribution < 1.29 is 4.74 Å². The summed E-state index contributed by atoms with van der Waals surface area (Å²) in [5.74, 6) is 0. The summed E-state index contributed by atoms with van der Waals surface area (Å²) in [6.07, 6.45) is 7.52. The van der Waals surface area contributed by atoms with Crippen LogP contribution in [-0.4, -0.2) is 29.5 Å². The van der Waals surface area contributed by atoms with Crippen molar-refractivity contribution in [3.05, 3.63) is 88.0 Å². The van der Waals surface area contributed by atoms with Crippen molar-refractivity contribution in [3.8, 4) is 5.69 Å². The molecule has 0 bridgehead atoms. The van der Waals surface area contributed by atoms with Crippen LogP contribution in [0.3, 0.4) is 0 Å². The number of benzene rings is 2. The highest BCUT2D eigenvalue weighted by molar-refractivity contribution is 8.01. The van der Waals surface area contributed by atoms with Crippen LogP contribution in [-0.2, 0) is 11.3 Å². The molecule has 0 fully saturated rings. The van der Waals surface area contributed by atoms with Crippen molar-refractivity contribution in [1.29, 1.82) is 0 Å². The van der Waals surface area contributed by atoms with Crippen molar-refractivity contribution in [2.75, 3.05) is 19.0 Å². The minimum absolute atomic E-state index is 0.284. The number of fused-ring (bicyclic) bond motifs is 1. The van der Waals surface area contributed by atoms with Gasteiger partial charge < -0.3 is 10.1 Å². The van der Waals surface area contributed by atoms with Gasteiger partial charge in [-0.1, -0.05) is 41.5 Å². The maximum Gasteiger partial charge on any atom is 0.0761 e. The van der Waals surface area contributed by atoms with Crippen molar-refractivity contribution in [1.82, 2.24) is 14.5 Å². The zero-order valence-corrected chi connectivity index (χ0v) is 21.5. The Morgan fingerprint density at radius 1 is 1.15 bits per heavy atom. The summed E-state index contributed by atoms with van der Waals surface area (Å²) in [4.78, 5) is 1.35. The van der Waals surface area contributed by atoms with Gasteiger partial charge >= 0.3 is 0 Å². The Bertz CT molecular complexity index is 1250. The third-order valence-corrected chi connectivity index (χ3v) is 7.36. The molecule has 1 heterocycles. The van der Waals surface area contributed by atoms with Crippen LogP contribution >= 0.6 is 11.9 Å². The number of ether oxygens (including phenoxy) is 1. The molecule has 1 aromatic heterocycles. The summed E-state index contributed by atoms with van der Waals surface area (Å²) in [7, 11) is 1.72. The van der Waals surface area contributed by atoms with Gasteiger partial charge in [0.2, 0.25) is 0 Å². The third kappa shape index (κ3) is 5.63. The van der Waals surface area contributed by atoms with E-state index in [2.05, 4.69) is 91.4 Å². The zero-order chi connectivity index (χ0) is 24.1. The third-order valence-electron chi connectivity index (χ3n) is 5.96. The largest absolute Gasteiger partial charge is 0.383 e. The fourth-order valence-corrected chi connectivity index (χ4v) is 5.08. The van der Waals surface area contributed by atoms with Crippen LogP contribution in [0.2, 0.25) is 0 Å². The Morgan fingerprint density at radius 3 is 2.79 bits per heavy atom. The molecular weight excluding hydrogens is 440 g/mol.